The van der Waals surface area contributed by atoms with Crippen LogP contribution in [-0.2, 0) is 12.3 Å². The maximum atomic E-state index is 14.0. The number of alkyl halides is 11. The van der Waals surface area contributed by atoms with Crippen molar-refractivity contribution in [3.63, 3.8) is 0 Å². The average Bonchev–Trinajstić information content (AvgIpc) is 2.67. The molecule has 1 atom stereocenters. The number of rotatable bonds is 18. The maximum Gasteiger partial charge on any atom is 0.460 e. The highest BCUT2D eigenvalue weighted by molar-refractivity contribution is 6.89. The molecule has 0 fully saturated rings. The lowest BCUT2D eigenvalue weighted by atomic mass is 9.94. The fourth-order valence-corrected chi connectivity index (χ4v) is 23.2. The highest BCUT2D eigenvalue weighted by Crippen LogP contribution is 2.58. The Bertz CT molecular complexity index is 806. The molecule has 1 N–H and O–H groups in total. The molecule has 0 aromatic heterocycles. The Morgan fingerprint density at radius 3 is 1.48 bits per heavy atom. The summed E-state index contributed by atoms with van der Waals surface area (Å²) in [5, 5.41) is 9.18. The lowest BCUT2D eigenvalue weighted by molar-refractivity contribution is -0.422. The molecule has 0 radical (unpaired) electrons. The van der Waals surface area contributed by atoms with Gasteiger partial charge in [-0.25, -0.2) is 0 Å². The largest absolute Gasteiger partial charge is 0.460 e. The van der Waals surface area contributed by atoms with Crippen LogP contribution in [0.5, 0.6) is 0 Å². The van der Waals surface area contributed by atoms with Crippen LogP contribution in [0.15, 0.2) is 0 Å². The minimum absolute atomic E-state index is 0.0430. The summed E-state index contributed by atoms with van der Waals surface area (Å²) in [5.41, 5.74) is 0. The number of hydrogen-bond donors (Lipinski definition) is 1. The summed E-state index contributed by atoms with van der Waals surface area (Å²) in [5.74, 6) is -27.6. The molecule has 0 aromatic rings. The topological polar surface area (TPSA) is 47.9 Å². The minimum Gasteiger partial charge on any atom is -0.437 e. The average molecular weight is 679 g/mol. The van der Waals surface area contributed by atoms with Gasteiger partial charge in [-0.2, -0.15) is 48.3 Å². The van der Waals surface area contributed by atoms with Crippen LogP contribution in [0, 0.1) is 0 Å². The maximum absolute atomic E-state index is 14.0. The van der Waals surface area contributed by atoms with Gasteiger partial charge in [0.05, 0.1) is 0 Å². The number of hydrogen-bond acceptors (Lipinski definition) is 4. The number of unbranched alkanes of at least 4 members (excludes halogenated alkanes) is 2. The van der Waals surface area contributed by atoms with E-state index < -0.39 is 76.5 Å². The molecule has 0 heterocycles. The summed E-state index contributed by atoms with van der Waals surface area (Å²) in [6.45, 7) is 14.9. The molecular weight excluding hydrogens is 638 g/mol. The molecule has 0 amide bonds. The molecule has 0 bridgehead atoms. The van der Waals surface area contributed by atoms with Crippen molar-refractivity contribution in [2.45, 2.75) is 126 Å². The summed E-state index contributed by atoms with van der Waals surface area (Å²) >= 11 is 0. The van der Waals surface area contributed by atoms with Gasteiger partial charge in [-0.15, -0.1) is 0 Å². The Morgan fingerprint density at radius 1 is 0.550 bits per heavy atom. The molecule has 4 nitrogen and oxygen atoms in total. The van der Waals surface area contributed by atoms with Gasteiger partial charge in [-0.05, 0) is 77.3 Å². The van der Waals surface area contributed by atoms with Gasteiger partial charge in [0, 0.05) is 13.0 Å². The quantitative estimate of drug-likeness (QED) is 0.0894. The first-order valence-corrected chi connectivity index (χ1v) is 24.5. The van der Waals surface area contributed by atoms with Crippen molar-refractivity contribution in [3.8, 4) is 0 Å². The second-order valence-corrected chi connectivity index (χ2v) is 28.3. The van der Waals surface area contributed by atoms with Crippen LogP contribution in [-0.4, -0.2) is 75.3 Å². The van der Waals surface area contributed by atoms with Gasteiger partial charge in [0.1, 0.15) is 0 Å². The van der Waals surface area contributed by atoms with E-state index in [0.717, 1.165) is 0 Å². The van der Waals surface area contributed by atoms with Crippen LogP contribution in [0.3, 0.4) is 0 Å². The van der Waals surface area contributed by atoms with Crippen molar-refractivity contribution in [3.05, 3.63) is 0 Å². The monoisotopic (exact) mass is 678 g/mol. The van der Waals surface area contributed by atoms with E-state index in [1.165, 1.54) is 0 Å². The Kier molecular flexibility index (Phi) is 13.3. The molecule has 242 valence electrons. The third-order valence-corrected chi connectivity index (χ3v) is 20.5. The van der Waals surface area contributed by atoms with Crippen LogP contribution < -0.4 is 0 Å². The molecule has 0 spiro atoms. The Hall–Kier alpha value is -0.0625. The summed E-state index contributed by atoms with van der Waals surface area (Å²) in [7, 11) is -10.4. The van der Waals surface area contributed by atoms with Gasteiger partial charge in [-0.1, -0.05) is 12.8 Å². The zero-order valence-corrected chi connectivity index (χ0v) is 28.0. The van der Waals surface area contributed by atoms with Gasteiger partial charge in [0.25, 0.3) is 0 Å². The molecule has 1 unspecified atom stereocenters. The van der Waals surface area contributed by atoms with Crippen molar-refractivity contribution in [1.82, 2.24) is 0 Å². The Balaban J connectivity index is 5.59. The van der Waals surface area contributed by atoms with Crippen LogP contribution in [0.2, 0.25) is 64.5 Å². The summed E-state index contributed by atoms with van der Waals surface area (Å²) in [6.07, 6.45) is -9.83. The van der Waals surface area contributed by atoms with Crippen molar-refractivity contribution >= 4 is 33.8 Å². The lowest BCUT2D eigenvalue weighted by Gasteiger charge is -2.42. The molecule has 0 aromatic carbocycles. The molecule has 0 rings (SSSR count). The summed E-state index contributed by atoms with van der Waals surface area (Å²) in [4.78, 5) is 0. The zero-order chi connectivity index (χ0) is 32.3. The number of aliphatic hydroxyl groups is 1. The van der Waals surface area contributed by atoms with Crippen molar-refractivity contribution in [2.75, 3.05) is 6.61 Å². The van der Waals surface area contributed by atoms with Crippen LogP contribution in [0.25, 0.3) is 0 Å². The van der Waals surface area contributed by atoms with E-state index >= 15 is 0 Å². The minimum atomic E-state index is -7.38. The predicted octanol–water partition coefficient (Wildman–Crippen LogP) is 8.90. The normalized spacial score (nSPS) is 16.8. The van der Waals surface area contributed by atoms with E-state index in [2.05, 4.69) is 0 Å². The van der Waals surface area contributed by atoms with E-state index in [9.17, 15) is 53.4 Å². The SMILES string of the molecule is C[Si](C)(C)O[Si](C)(C)O[Si](C)(CCCCCC(F)(F)C(F)(F)C(F)(F)C(F)(F)C(F)(F)F)O[Si](C)(C)CCCO. The van der Waals surface area contributed by atoms with Gasteiger partial charge < -0.3 is 17.5 Å². The second-order valence-electron chi connectivity index (χ2n) is 12.0. The summed E-state index contributed by atoms with van der Waals surface area (Å²) in [6, 6.07) is 0.739. The summed E-state index contributed by atoms with van der Waals surface area (Å²) < 4.78 is 164. The predicted molar refractivity (Wildman–Crippen MR) is 139 cm³/mol. The fraction of sp³-hybridized carbons (Fsp3) is 1.00. The fourth-order valence-electron chi connectivity index (χ4n) is 4.27. The van der Waals surface area contributed by atoms with Crippen LogP contribution in [0.4, 0.5) is 48.3 Å². The van der Waals surface area contributed by atoms with Crippen molar-refractivity contribution < 1.29 is 65.7 Å². The van der Waals surface area contributed by atoms with Gasteiger partial charge >= 0.3 is 47.0 Å². The van der Waals surface area contributed by atoms with Gasteiger partial charge in [0.15, 0.2) is 16.6 Å². The van der Waals surface area contributed by atoms with Gasteiger partial charge in [0.2, 0.25) is 0 Å². The molecule has 0 aliphatic heterocycles. The Morgan fingerprint density at radius 2 is 1.05 bits per heavy atom. The van der Waals surface area contributed by atoms with Crippen LogP contribution in [0.1, 0.15) is 32.1 Å². The molecule has 19 heteroatoms. The first-order chi connectivity index (χ1) is 17.4. The van der Waals surface area contributed by atoms with E-state index in [4.69, 9.17) is 12.3 Å². The molecule has 0 aliphatic rings. The highest BCUT2D eigenvalue weighted by atomic mass is 28.5. The number of aliphatic hydroxyl groups excluding tert-OH is 1. The molecular formula is C21H41F11O4Si4. The third-order valence-electron chi connectivity index (χ3n) is 5.67. The Labute approximate surface area is 232 Å². The molecule has 0 saturated heterocycles. The van der Waals surface area contributed by atoms with Crippen molar-refractivity contribution in [2.24, 2.45) is 0 Å². The highest BCUT2D eigenvalue weighted by Gasteiger charge is 2.86. The van der Waals surface area contributed by atoms with E-state index in [1.807, 2.05) is 45.8 Å². The second kappa shape index (κ2) is 13.3. The zero-order valence-electron chi connectivity index (χ0n) is 24.0. The smallest absolute Gasteiger partial charge is 0.437 e. The number of halogens is 11. The first kappa shape index (κ1) is 39.9. The van der Waals surface area contributed by atoms with Crippen LogP contribution >= 0.6 is 0 Å². The lowest BCUT2D eigenvalue weighted by Crippen LogP contribution is -2.66. The molecule has 0 saturated carbocycles. The molecule has 40 heavy (non-hydrogen) atoms. The standard InChI is InChI=1S/C21H41F11O4Si4/c1-37(2,3)34-39(6,7)36-40(8,35-38(4,5)15-12-14-33)16-11-9-10-13-17(22,23)18(24,25)19(26,27)20(28,29)21(30,31)32/h33H,9-16H2,1-8H3. The van der Waals surface area contributed by atoms with E-state index in [-0.39, 0.29) is 25.5 Å². The van der Waals surface area contributed by atoms with E-state index in [0.29, 0.717) is 12.5 Å². The third kappa shape index (κ3) is 10.9. The first-order valence-electron chi connectivity index (χ1n) is 12.7. The van der Waals surface area contributed by atoms with E-state index in [1.54, 1.807) is 6.55 Å². The molecule has 0 aliphatic carbocycles. The van der Waals surface area contributed by atoms with Gasteiger partial charge in [-0.3, -0.25) is 0 Å². The van der Waals surface area contributed by atoms with Crippen molar-refractivity contribution in [1.29, 1.82) is 0 Å².